The van der Waals surface area contributed by atoms with Gasteiger partial charge in [-0.2, -0.15) is 0 Å². The first-order chi connectivity index (χ1) is 9.29. The molecule has 1 N–H and O–H groups in total. The van der Waals surface area contributed by atoms with Crippen LogP contribution in [0.1, 0.15) is 30.9 Å². The van der Waals surface area contributed by atoms with Gasteiger partial charge in [-0.15, -0.1) is 0 Å². The Hall–Kier alpha value is -1.96. The molecule has 0 aliphatic rings. The van der Waals surface area contributed by atoms with Crippen molar-refractivity contribution < 1.29 is 9.84 Å². The fourth-order valence-electron chi connectivity index (χ4n) is 1.96. The van der Waals surface area contributed by atoms with E-state index >= 15 is 0 Å². The lowest BCUT2D eigenvalue weighted by Gasteiger charge is -2.09. The van der Waals surface area contributed by atoms with Crippen LogP contribution in [0.25, 0.3) is 0 Å². The van der Waals surface area contributed by atoms with E-state index in [4.69, 9.17) is 4.74 Å². The molecule has 0 fully saturated rings. The van der Waals surface area contributed by atoms with E-state index in [1.807, 2.05) is 42.5 Å². The summed E-state index contributed by atoms with van der Waals surface area (Å²) in [6.45, 7) is 2.70. The molecule has 0 radical (unpaired) electrons. The van der Waals surface area contributed by atoms with Gasteiger partial charge >= 0.3 is 0 Å². The molecule has 2 nitrogen and oxygen atoms in total. The molecule has 2 rings (SSSR count). The fourth-order valence-corrected chi connectivity index (χ4v) is 1.96. The molecule has 2 aromatic carbocycles. The summed E-state index contributed by atoms with van der Waals surface area (Å²) in [7, 11) is 0. The van der Waals surface area contributed by atoms with Crippen molar-refractivity contribution in [3.05, 3.63) is 59.7 Å². The number of phenols is 1. The number of unbranched alkanes of at least 4 members (excludes halogenated alkanes) is 1. The van der Waals surface area contributed by atoms with Crippen molar-refractivity contribution in [3.63, 3.8) is 0 Å². The van der Waals surface area contributed by atoms with Crippen LogP contribution < -0.4 is 4.74 Å². The predicted molar refractivity (Wildman–Crippen MR) is 77.5 cm³/mol. The molecule has 0 unspecified atom stereocenters. The summed E-state index contributed by atoms with van der Waals surface area (Å²) in [6, 6.07) is 15.5. The summed E-state index contributed by atoms with van der Waals surface area (Å²) < 4.78 is 5.76. The molecule has 0 aliphatic carbocycles. The van der Waals surface area contributed by atoms with Crippen molar-refractivity contribution in [2.75, 3.05) is 0 Å². The van der Waals surface area contributed by atoms with Gasteiger partial charge in [-0.25, -0.2) is 0 Å². The predicted octanol–water partition coefficient (Wildman–Crippen LogP) is 4.31. The first-order valence-corrected chi connectivity index (χ1v) is 6.78. The van der Waals surface area contributed by atoms with Crippen LogP contribution in [0.3, 0.4) is 0 Å². The standard InChI is InChI=1S/C17H20O2/c1-2-3-9-15-12-16(10-11-17(15)18)19-13-14-7-5-4-6-8-14/h4-8,10-12,18H,2-3,9,13H2,1H3. The zero-order valence-electron chi connectivity index (χ0n) is 11.3. The summed E-state index contributed by atoms with van der Waals surface area (Å²) in [4.78, 5) is 0. The quantitative estimate of drug-likeness (QED) is 0.834. The van der Waals surface area contributed by atoms with Crippen LogP contribution in [-0.2, 0) is 13.0 Å². The summed E-state index contributed by atoms with van der Waals surface area (Å²) in [5.41, 5.74) is 2.11. The second kappa shape index (κ2) is 6.83. The molecule has 2 aromatic rings. The van der Waals surface area contributed by atoms with Crippen molar-refractivity contribution in [2.24, 2.45) is 0 Å². The normalized spacial score (nSPS) is 10.4. The number of aromatic hydroxyl groups is 1. The highest BCUT2D eigenvalue weighted by molar-refractivity contribution is 5.39. The topological polar surface area (TPSA) is 29.5 Å². The van der Waals surface area contributed by atoms with Crippen molar-refractivity contribution in [2.45, 2.75) is 32.8 Å². The summed E-state index contributed by atoms with van der Waals surface area (Å²) in [5, 5.41) is 9.79. The van der Waals surface area contributed by atoms with Gasteiger partial charge in [-0.3, -0.25) is 0 Å². The Kier molecular flexibility index (Phi) is 4.85. The maximum absolute atomic E-state index is 9.79. The third kappa shape index (κ3) is 4.02. The van der Waals surface area contributed by atoms with Gasteiger partial charge in [0.15, 0.2) is 0 Å². The Balaban J connectivity index is 2.00. The number of hydrogen-bond acceptors (Lipinski definition) is 2. The van der Waals surface area contributed by atoms with E-state index in [0.717, 1.165) is 36.1 Å². The van der Waals surface area contributed by atoms with E-state index in [0.29, 0.717) is 12.4 Å². The Morgan fingerprint density at radius 1 is 1.05 bits per heavy atom. The number of ether oxygens (including phenoxy) is 1. The zero-order valence-corrected chi connectivity index (χ0v) is 11.3. The fraction of sp³-hybridized carbons (Fsp3) is 0.294. The average molecular weight is 256 g/mol. The molecule has 0 saturated carbocycles. The van der Waals surface area contributed by atoms with Crippen LogP contribution >= 0.6 is 0 Å². The SMILES string of the molecule is CCCCc1cc(OCc2ccccc2)ccc1O. The highest BCUT2D eigenvalue weighted by Gasteiger charge is 2.03. The molecule has 0 heterocycles. The Morgan fingerprint density at radius 2 is 1.84 bits per heavy atom. The highest BCUT2D eigenvalue weighted by Crippen LogP contribution is 2.25. The van der Waals surface area contributed by atoms with Gasteiger partial charge in [-0.1, -0.05) is 43.7 Å². The third-order valence-electron chi connectivity index (χ3n) is 3.10. The van der Waals surface area contributed by atoms with Gasteiger partial charge in [0.25, 0.3) is 0 Å². The minimum absolute atomic E-state index is 0.362. The minimum atomic E-state index is 0.362. The molecule has 19 heavy (non-hydrogen) atoms. The molecule has 0 spiro atoms. The maximum atomic E-state index is 9.79. The molecule has 0 bridgehead atoms. The van der Waals surface area contributed by atoms with Gasteiger partial charge < -0.3 is 9.84 Å². The number of hydrogen-bond donors (Lipinski definition) is 1. The average Bonchev–Trinajstić information content (AvgIpc) is 2.46. The lowest BCUT2D eigenvalue weighted by atomic mass is 10.1. The second-order valence-electron chi connectivity index (χ2n) is 4.67. The van der Waals surface area contributed by atoms with Crippen LogP contribution in [0.15, 0.2) is 48.5 Å². The van der Waals surface area contributed by atoms with E-state index in [9.17, 15) is 5.11 Å². The van der Waals surface area contributed by atoms with Crippen molar-refractivity contribution in [1.82, 2.24) is 0 Å². The minimum Gasteiger partial charge on any atom is -0.508 e. The molecule has 0 aromatic heterocycles. The maximum Gasteiger partial charge on any atom is 0.120 e. The van der Waals surface area contributed by atoms with E-state index < -0.39 is 0 Å². The molecule has 0 saturated heterocycles. The first-order valence-electron chi connectivity index (χ1n) is 6.78. The number of phenolic OH excluding ortho intramolecular Hbond substituents is 1. The third-order valence-corrected chi connectivity index (χ3v) is 3.10. The molecular formula is C17H20O2. The van der Waals surface area contributed by atoms with Gasteiger partial charge in [0, 0.05) is 0 Å². The van der Waals surface area contributed by atoms with Crippen molar-refractivity contribution >= 4 is 0 Å². The molecular weight excluding hydrogens is 236 g/mol. The highest BCUT2D eigenvalue weighted by atomic mass is 16.5. The van der Waals surface area contributed by atoms with E-state index in [1.165, 1.54) is 0 Å². The van der Waals surface area contributed by atoms with Gasteiger partial charge in [-0.05, 0) is 42.2 Å². The van der Waals surface area contributed by atoms with Gasteiger partial charge in [0.2, 0.25) is 0 Å². The Morgan fingerprint density at radius 3 is 2.58 bits per heavy atom. The monoisotopic (exact) mass is 256 g/mol. The van der Waals surface area contributed by atoms with E-state index in [2.05, 4.69) is 6.92 Å². The first kappa shape index (κ1) is 13.5. The van der Waals surface area contributed by atoms with Crippen LogP contribution in [0, 0.1) is 0 Å². The van der Waals surface area contributed by atoms with Crippen LogP contribution in [0.5, 0.6) is 11.5 Å². The summed E-state index contributed by atoms with van der Waals surface area (Å²) in [5.74, 6) is 1.17. The van der Waals surface area contributed by atoms with Gasteiger partial charge in [0.05, 0.1) is 0 Å². The smallest absolute Gasteiger partial charge is 0.120 e. The van der Waals surface area contributed by atoms with E-state index in [-0.39, 0.29) is 0 Å². The Labute approximate surface area is 114 Å². The van der Waals surface area contributed by atoms with Crippen molar-refractivity contribution in [3.8, 4) is 11.5 Å². The van der Waals surface area contributed by atoms with Crippen LogP contribution in [-0.4, -0.2) is 5.11 Å². The Bertz CT molecular complexity index is 506. The molecule has 100 valence electrons. The molecule has 0 amide bonds. The summed E-state index contributed by atoms with van der Waals surface area (Å²) >= 11 is 0. The number of benzene rings is 2. The van der Waals surface area contributed by atoms with Crippen LogP contribution in [0.2, 0.25) is 0 Å². The molecule has 0 atom stereocenters. The lowest BCUT2D eigenvalue weighted by Crippen LogP contribution is -1.96. The van der Waals surface area contributed by atoms with Gasteiger partial charge in [0.1, 0.15) is 18.1 Å². The largest absolute Gasteiger partial charge is 0.508 e. The number of rotatable bonds is 6. The van der Waals surface area contributed by atoms with Crippen molar-refractivity contribution in [1.29, 1.82) is 0 Å². The molecule has 2 heteroatoms. The molecule has 0 aliphatic heterocycles. The lowest BCUT2D eigenvalue weighted by molar-refractivity contribution is 0.305. The van der Waals surface area contributed by atoms with E-state index in [1.54, 1.807) is 6.07 Å². The summed E-state index contributed by atoms with van der Waals surface area (Å²) in [6.07, 6.45) is 3.09. The zero-order chi connectivity index (χ0) is 13.5. The van der Waals surface area contributed by atoms with Crippen LogP contribution in [0.4, 0.5) is 0 Å². The number of aryl methyl sites for hydroxylation is 1. The second-order valence-corrected chi connectivity index (χ2v) is 4.67.